The van der Waals surface area contributed by atoms with Gasteiger partial charge in [-0.15, -0.1) is 0 Å². The van der Waals surface area contributed by atoms with E-state index < -0.39 is 6.10 Å². The summed E-state index contributed by atoms with van der Waals surface area (Å²) in [6.07, 6.45) is 0.428. The molecule has 0 saturated carbocycles. The molecule has 1 unspecified atom stereocenters. The minimum absolute atomic E-state index is 0.158. The van der Waals surface area contributed by atoms with Gasteiger partial charge in [-0.25, -0.2) is 0 Å². The van der Waals surface area contributed by atoms with E-state index in [1.807, 2.05) is 31.2 Å². The molecule has 1 aliphatic heterocycles. The lowest BCUT2D eigenvalue weighted by atomic mass is 10.0. The Labute approximate surface area is 95.7 Å². The maximum atomic E-state index is 11.4. The fraction of sp³-hybridized carbons (Fsp3) is 0.462. The van der Waals surface area contributed by atoms with Gasteiger partial charge >= 0.3 is 0 Å². The van der Waals surface area contributed by atoms with Crippen LogP contribution >= 0.6 is 0 Å². The van der Waals surface area contributed by atoms with Crippen molar-refractivity contribution >= 4 is 5.91 Å². The number of aliphatic hydroxyl groups excluding tert-OH is 1. The van der Waals surface area contributed by atoms with Crippen molar-refractivity contribution in [3.63, 3.8) is 0 Å². The van der Waals surface area contributed by atoms with Crippen LogP contribution in [0.15, 0.2) is 24.3 Å². The number of carbonyl (C=O) groups is 1. The maximum Gasteiger partial charge on any atom is 0.222 e. The van der Waals surface area contributed by atoms with Crippen LogP contribution in [0.5, 0.6) is 0 Å². The first-order chi connectivity index (χ1) is 7.66. The predicted molar refractivity (Wildman–Crippen MR) is 62.0 cm³/mol. The average Bonchev–Trinajstić information content (AvgIpc) is 3.10. The summed E-state index contributed by atoms with van der Waals surface area (Å²) in [5.41, 5.74) is 2.07. The van der Waals surface area contributed by atoms with Crippen LogP contribution in [-0.2, 0) is 4.79 Å². The summed E-state index contributed by atoms with van der Waals surface area (Å²) >= 11 is 0. The minimum Gasteiger partial charge on any atom is -0.388 e. The van der Waals surface area contributed by atoms with Gasteiger partial charge in [0.1, 0.15) is 0 Å². The number of nitrogens with zero attached hydrogens (tertiary/aromatic N) is 1. The van der Waals surface area contributed by atoms with Crippen molar-refractivity contribution in [1.82, 2.24) is 4.90 Å². The highest BCUT2D eigenvalue weighted by molar-refractivity contribution is 5.78. The lowest BCUT2D eigenvalue weighted by molar-refractivity contribution is -0.126. The summed E-state index contributed by atoms with van der Waals surface area (Å²) < 4.78 is 0. The standard InChI is InChI=1S/C13H17NO2/c1-10-2-4-11(5-3-10)12(15)6-7-13(16)14-8-9-14/h2-5,12,15H,6-9H2,1H3. The van der Waals surface area contributed by atoms with Crippen LogP contribution in [0, 0.1) is 6.92 Å². The van der Waals surface area contributed by atoms with Gasteiger partial charge in [0.05, 0.1) is 6.10 Å². The molecule has 1 aromatic carbocycles. The molecule has 1 amide bonds. The van der Waals surface area contributed by atoms with E-state index in [-0.39, 0.29) is 5.91 Å². The molecular formula is C13H17NO2. The number of carbonyl (C=O) groups excluding carboxylic acids is 1. The molecule has 0 bridgehead atoms. The molecule has 0 aliphatic carbocycles. The van der Waals surface area contributed by atoms with Crippen LogP contribution in [-0.4, -0.2) is 29.0 Å². The number of amides is 1. The third kappa shape index (κ3) is 2.83. The summed E-state index contributed by atoms with van der Waals surface area (Å²) in [6.45, 7) is 3.79. The van der Waals surface area contributed by atoms with Gasteiger partial charge < -0.3 is 10.0 Å². The second-order valence-electron chi connectivity index (χ2n) is 4.35. The fourth-order valence-corrected chi connectivity index (χ4v) is 1.67. The smallest absolute Gasteiger partial charge is 0.222 e. The van der Waals surface area contributed by atoms with Crippen molar-refractivity contribution in [3.05, 3.63) is 35.4 Å². The van der Waals surface area contributed by atoms with Crippen LogP contribution < -0.4 is 0 Å². The number of rotatable bonds is 4. The molecule has 16 heavy (non-hydrogen) atoms. The molecule has 1 N–H and O–H groups in total. The largest absolute Gasteiger partial charge is 0.388 e. The predicted octanol–water partition coefficient (Wildman–Crippen LogP) is 1.65. The third-order valence-electron chi connectivity index (χ3n) is 2.89. The number of aliphatic hydroxyl groups is 1. The molecule has 0 radical (unpaired) electrons. The summed E-state index contributed by atoms with van der Waals surface area (Å²) in [4.78, 5) is 13.2. The normalized spacial score (nSPS) is 16.0. The van der Waals surface area contributed by atoms with Gasteiger partial charge in [-0.3, -0.25) is 4.79 Å². The van der Waals surface area contributed by atoms with Gasteiger partial charge in [0.25, 0.3) is 0 Å². The molecule has 1 saturated heterocycles. The highest BCUT2D eigenvalue weighted by Gasteiger charge is 2.24. The van der Waals surface area contributed by atoms with E-state index in [1.54, 1.807) is 4.90 Å². The molecule has 1 aromatic rings. The van der Waals surface area contributed by atoms with E-state index in [9.17, 15) is 9.90 Å². The SMILES string of the molecule is Cc1ccc(C(O)CCC(=O)N2CC2)cc1. The number of aryl methyl sites for hydroxylation is 1. The Morgan fingerprint density at radius 1 is 1.38 bits per heavy atom. The first-order valence-corrected chi connectivity index (χ1v) is 5.69. The van der Waals surface area contributed by atoms with Crippen molar-refractivity contribution in [1.29, 1.82) is 0 Å². The second kappa shape index (κ2) is 4.66. The van der Waals surface area contributed by atoms with Gasteiger partial charge in [0.15, 0.2) is 0 Å². The second-order valence-corrected chi connectivity index (χ2v) is 4.35. The van der Waals surface area contributed by atoms with E-state index in [0.29, 0.717) is 12.8 Å². The third-order valence-corrected chi connectivity index (χ3v) is 2.89. The van der Waals surface area contributed by atoms with Crippen LogP contribution in [0.2, 0.25) is 0 Å². The zero-order valence-corrected chi connectivity index (χ0v) is 9.52. The average molecular weight is 219 g/mol. The Balaban J connectivity index is 1.84. The van der Waals surface area contributed by atoms with E-state index in [4.69, 9.17) is 0 Å². The molecule has 2 rings (SSSR count). The van der Waals surface area contributed by atoms with Gasteiger partial charge in [-0.1, -0.05) is 29.8 Å². The zero-order chi connectivity index (χ0) is 11.5. The molecule has 1 heterocycles. The van der Waals surface area contributed by atoms with Crippen LogP contribution in [0.25, 0.3) is 0 Å². The maximum absolute atomic E-state index is 11.4. The highest BCUT2D eigenvalue weighted by Crippen LogP contribution is 2.20. The lowest BCUT2D eigenvalue weighted by Gasteiger charge is -2.10. The number of hydrogen-bond donors (Lipinski definition) is 1. The Bertz CT molecular complexity index is 368. The van der Waals surface area contributed by atoms with E-state index in [1.165, 1.54) is 5.56 Å². The lowest BCUT2D eigenvalue weighted by Crippen LogP contribution is -2.11. The minimum atomic E-state index is -0.524. The van der Waals surface area contributed by atoms with E-state index in [2.05, 4.69) is 0 Å². The van der Waals surface area contributed by atoms with Gasteiger partial charge in [-0.2, -0.15) is 0 Å². The Morgan fingerprint density at radius 2 is 2.00 bits per heavy atom. The van der Waals surface area contributed by atoms with Crippen molar-refractivity contribution in [2.75, 3.05) is 13.1 Å². The molecule has 3 nitrogen and oxygen atoms in total. The van der Waals surface area contributed by atoms with Crippen LogP contribution in [0.3, 0.4) is 0 Å². The topological polar surface area (TPSA) is 40.3 Å². The van der Waals surface area contributed by atoms with E-state index in [0.717, 1.165) is 18.7 Å². The fourth-order valence-electron chi connectivity index (χ4n) is 1.67. The van der Waals surface area contributed by atoms with Crippen molar-refractivity contribution < 1.29 is 9.90 Å². The highest BCUT2D eigenvalue weighted by atomic mass is 16.3. The van der Waals surface area contributed by atoms with Gasteiger partial charge in [0, 0.05) is 19.5 Å². The van der Waals surface area contributed by atoms with Gasteiger partial charge in [0.2, 0.25) is 5.91 Å². The molecule has 1 fully saturated rings. The molecule has 1 atom stereocenters. The summed E-state index contributed by atoms with van der Waals surface area (Å²) in [7, 11) is 0. The summed E-state index contributed by atoms with van der Waals surface area (Å²) in [5.74, 6) is 0.158. The molecule has 0 spiro atoms. The van der Waals surface area contributed by atoms with Crippen LogP contribution in [0.4, 0.5) is 0 Å². The number of hydrogen-bond acceptors (Lipinski definition) is 2. The van der Waals surface area contributed by atoms with Crippen molar-refractivity contribution in [2.45, 2.75) is 25.9 Å². The first kappa shape index (κ1) is 11.1. The van der Waals surface area contributed by atoms with Gasteiger partial charge in [-0.05, 0) is 18.9 Å². The van der Waals surface area contributed by atoms with Crippen LogP contribution in [0.1, 0.15) is 30.1 Å². The molecule has 3 heteroatoms. The molecule has 86 valence electrons. The summed E-state index contributed by atoms with van der Waals surface area (Å²) in [6, 6.07) is 7.79. The molecule has 0 aromatic heterocycles. The van der Waals surface area contributed by atoms with E-state index >= 15 is 0 Å². The van der Waals surface area contributed by atoms with Crippen molar-refractivity contribution in [2.24, 2.45) is 0 Å². The quantitative estimate of drug-likeness (QED) is 0.782. The Morgan fingerprint density at radius 3 is 2.56 bits per heavy atom. The Hall–Kier alpha value is -1.35. The monoisotopic (exact) mass is 219 g/mol. The molecular weight excluding hydrogens is 202 g/mol. The zero-order valence-electron chi connectivity index (χ0n) is 9.52. The summed E-state index contributed by atoms with van der Waals surface area (Å²) in [5, 5.41) is 9.89. The first-order valence-electron chi connectivity index (χ1n) is 5.69. The van der Waals surface area contributed by atoms with Crippen molar-refractivity contribution in [3.8, 4) is 0 Å². The molecule has 1 aliphatic rings. The number of benzene rings is 1. The Kier molecular flexibility index (Phi) is 3.25.